The fourth-order valence-corrected chi connectivity index (χ4v) is 5.16. The first-order chi connectivity index (χ1) is 19.8. The largest absolute Gasteiger partial charge is 0.489 e. The Hall–Kier alpha value is -4.31. The van der Waals surface area contributed by atoms with E-state index in [4.69, 9.17) is 10.5 Å². The highest BCUT2D eigenvalue weighted by Gasteiger charge is 2.42. The van der Waals surface area contributed by atoms with Crippen LogP contribution in [0.5, 0.6) is 5.75 Å². The number of ether oxygens (including phenoxy) is 1. The summed E-state index contributed by atoms with van der Waals surface area (Å²) in [5.74, 6) is -0.700. The molecule has 1 unspecified atom stereocenters. The molecular weight excluding hydrogens is 518 g/mol. The first-order valence-corrected chi connectivity index (χ1v) is 13.7. The number of nitrogens with two attached hydrogens (primary N) is 1. The van der Waals surface area contributed by atoms with Crippen LogP contribution in [0.25, 0.3) is 10.9 Å². The van der Waals surface area contributed by atoms with Gasteiger partial charge in [0, 0.05) is 54.9 Å². The molecule has 1 aliphatic heterocycles. The lowest BCUT2D eigenvalue weighted by Crippen LogP contribution is -2.66. The van der Waals surface area contributed by atoms with Crippen LogP contribution in [0.1, 0.15) is 27.2 Å². The molecule has 0 saturated carbocycles. The van der Waals surface area contributed by atoms with E-state index in [1.54, 1.807) is 29.2 Å². The van der Waals surface area contributed by atoms with Gasteiger partial charge in [-0.05, 0) is 48.9 Å². The van der Waals surface area contributed by atoms with Crippen LogP contribution in [-0.2, 0) is 17.9 Å². The first-order valence-electron chi connectivity index (χ1n) is 13.7. The third-order valence-corrected chi connectivity index (χ3v) is 7.48. The van der Waals surface area contributed by atoms with Crippen LogP contribution < -0.4 is 15.8 Å². The number of nitrogens with one attached hydrogen (secondary N) is 1. The lowest BCUT2D eigenvalue weighted by molar-refractivity contribution is -0.163. The number of pyridine rings is 1. The zero-order valence-corrected chi connectivity index (χ0v) is 23.1. The highest BCUT2D eigenvalue weighted by Crippen LogP contribution is 2.21. The molecule has 0 bridgehead atoms. The van der Waals surface area contributed by atoms with Crippen LogP contribution in [0, 0.1) is 6.92 Å². The molecule has 4 aromatic rings. The Morgan fingerprint density at radius 2 is 1.66 bits per heavy atom. The van der Waals surface area contributed by atoms with Crippen molar-refractivity contribution in [2.24, 2.45) is 5.73 Å². The number of amides is 2. The number of aromatic nitrogens is 1. The number of para-hydroxylation sites is 1. The van der Waals surface area contributed by atoms with E-state index in [1.165, 1.54) is 5.56 Å². The van der Waals surface area contributed by atoms with Gasteiger partial charge in [0.1, 0.15) is 12.4 Å². The maximum Gasteiger partial charge on any atom is 0.266 e. The van der Waals surface area contributed by atoms with Crippen molar-refractivity contribution in [3.8, 4) is 5.75 Å². The van der Waals surface area contributed by atoms with Gasteiger partial charge in [0.05, 0.1) is 12.1 Å². The number of carbonyl (C=O) groups is 2. The molecular formula is C32H35N5O4. The van der Waals surface area contributed by atoms with Gasteiger partial charge in [-0.2, -0.15) is 0 Å². The van der Waals surface area contributed by atoms with E-state index in [-0.39, 0.29) is 6.54 Å². The van der Waals surface area contributed by atoms with Gasteiger partial charge in [-0.25, -0.2) is 0 Å². The number of aryl methyl sites for hydroxylation is 1. The molecule has 1 aliphatic rings. The number of primary amides is 1. The van der Waals surface area contributed by atoms with Gasteiger partial charge in [-0.1, -0.05) is 48.5 Å². The van der Waals surface area contributed by atoms with Crippen LogP contribution in [0.15, 0.2) is 84.9 Å². The van der Waals surface area contributed by atoms with E-state index in [0.29, 0.717) is 44.1 Å². The van der Waals surface area contributed by atoms with Crippen LogP contribution in [0.3, 0.4) is 0 Å². The minimum absolute atomic E-state index is 0.313. The molecule has 5 rings (SSSR count). The van der Waals surface area contributed by atoms with Crippen molar-refractivity contribution in [1.29, 1.82) is 0 Å². The third-order valence-electron chi connectivity index (χ3n) is 7.48. The van der Waals surface area contributed by atoms with E-state index in [0.717, 1.165) is 28.7 Å². The van der Waals surface area contributed by atoms with Gasteiger partial charge in [-0.15, -0.1) is 0 Å². The van der Waals surface area contributed by atoms with E-state index in [9.17, 15) is 14.7 Å². The second-order valence-electron chi connectivity index (χ2n) is 10.4. The maximum absolute atomic E-state index is 12.9. The quantitative estimate of drug-likeness (QED) is 0.276. The molecule has 1 saturated heterocycles. The summed E-state index contributed by atoms with van der Waals surface area (Å²) in [5, 5.41) is 14.9. The van der Waals surface area contributed by atoms with Gasteiger partial charge >= 0.3 is 0 Å². The van der Waals surface area contributed by atoms with Crippen molar-refractivity contribution >= 4 is 22.7 Å². The summed E-state index contributed by atoms with van der Waals surface area (Å²) >= 11 is 0. The number of fused-ring (bicyclic) bond motifs is 1. The molecule has 1 atom stereocenters. The van der Waals surface area contributed by atoms with Gasteiger partial charge in [0.15, 0.2) is 0 Å². The minimum Gasteiger partial charge on any atom is -0.489 e. The van der Waals surface area contributed by atoms with Gasteiger partial charge < -0.3 is 20.9 Å². The normalized spacial score (nSPS) is 15.8. The zero-order valence-electron chi connectivity index (χ0n) is 23.1. The number of carbonyl (C=O) groups excluding carboxylic acids is 2. The van der Waals surface area contributed by atoms with Crippen LogP contribution in [0.4, 0.5) is 0 Å². The van der Waals surface area contributed by atoms with Gasteiger partial charge in [-0.3, -0.25) is 24.4 Å². The highest BCUT2D eigenvalue weighted by molar-refractivity contribution is 5.95. The molecule has 2 heterocycles. The Bertz CT molecular complexity index is 1500. The summed E-state index contributed by atoms with van der Waals surface area (Å²) < 4.78 is 5.99. The number of nitrogens with zero attached hydrogens (tertiary/aromatic N) is 3. The van der Waals surface area contributed by atoms with Crippen LogP contribution >= 0.6 is 0 Å². The Morgan fingerprint density at radius 1 is 0.976 bits per heavy atom. The molecule has 4 N–H and O–H groups in total. The Kier molecular flexibility index (Phi) is 8.58. The number of aliphatic hydroxyl groups is 1. The molecule has 1 aromatic heterocycles. The second-order valence-corrected chi connectivity index (χ2v) is 10.4. The SMILES string of the molecule is Cc1cc(COc2ccc(C(=O)NCC(O)(C(N)=O)N3CCN(Cc4ccccc4)CC3)cc2)c2ccccc2n1. The number of hydrogen-bond acceptors (Lipinski definition) is 7. The van der Waals surface area contributed by atoms with E-state index in [2.05, 4.69) is 27.3 Å². The predicted molar refractivity (Wildman–Crippen MR) is 157 cm³/mol. The average Bonchev–Trinajstić information content (AvgIpc) is 2.99. The molecule has 9 heteroatoms. The standard InChI is InChI=1S/C32H35N5O4/c1-23-19-26(28-9-5-6-10-29(28)35-23)21-41-27-13-11-25(12-14-27)30(38)34-22-32(40,31(33)39)37-17-15-36(16-18-37)20-24-7-3-2-4-8-24/h2-14,19,40H,15-18,20-22H2,1H3,(H2,33,39)(H,34,38). The maximum atomic E-state index is 12.9. The summed E-state index contributed by atoms with van der Waals surface area (Å²) in [6.07, 6.45) is 0. The zero-order chi connectivity index (χ0) is 28.8. The summed E-state index contributed by atoms with van der Waals surface area (Å²) in [6, 6.07) is 26.8. The number of rotatable bonds is 10. The predicted octanol–water partition coefficient (Wildman–Crippen LogP) is 2.84. The third kappa shape index (κ3) is 6.71. The van der Waals surface area contributed by atoms with Crippen molar-refractivity contribution in [2.45, 2.75) is 25.8 Å². The summed E-state index contributed by atoms with van der Waals surface area (Å²) in [7, 11) is 0. The molecule has 212 valence electrons. The van der Waals surface area contributed by atoms with Crippen molar-refractivity contribution in [3.63, 3.8) is 0 Å². The lowest BCUT2D eigenvalue weighted by atomic mass is 10.1. The molecule has 9 nitrogen and oxygen atoms in total. The monoisotopic (exact) mass is 553 g/mol. The number of piperazine rings is 1. The van der Waals surface area contributed by atoms with Crippen molar-refractivity contribution in [2.75, 3.05) is 32.7 Å². The fourth-order valence-electron chi connectivity index (χ4n) is 5.16. The van der Waals surface area contributed by atoms with Crippen LogP contribution in [-0.4, -0.2) is 70.2 Å². The summed E-state index contributed by atoms with van der Waals surface area (Å²) in [6.45, 7) is 5.00. The Morgan fingerprint density at radius 3 is 2.37 bits per heavy atom. The summed E-state index contributed by atoms with van der Waals surface area (Å²) in [4.78, 5) is 33.7. The van der Waals surface area contributed by atoms with Crippen molar-refractivity contribution < 1.29 is 19.4 Å². The average molecular weight is 554 g/mol. The molecule has 3 aromatic carbocycles. The molecule has 1 fully saturated rings. The fraction of sp³-hybridized carbons (Fsp3) is 0.281. The topological polar surface area (TPSA) is 121 Å². The Balaban J connectivity index is 1.15. The minimum atomic E-state index is -1.98. The van der Waals surface area contributed by atoms with Crippen molar-refractivity contribution in [3.05, 3.63) is 107 Å². The highest BCUT2D eigenvalue weighted by atomic mass is 16.5. The molecule has 41 heavy (non-hydrogen) atoms. The molecule has 0 spiro atoms. The van der Waals surface area contributed by atoms with E-state index < -0.39 is 17.5 Å². The lowest BCUT2D eigenvalue weighted by Gasteiger charge is -2.42. The smallest absolute Gasteiger partial charge is 0.266 e. The van der Waals surface area contributed by atoms with Gasteiger partial charge in [0.2, 0.25) is 5.72 Å². The number of benzene rings is 3. The molecule has 2 amide bonds. The van der Waals surface area contributed by atoms with Crippen LogP contribution in [0.2, 0.25) is 0 Å². The van der Waals surface area contributed by atoms with E-state index in [1.807, 2.05) is 55.5 Å². The van der Waals surface area contributed by atoms with Crippen molar-refractivity contribution in [1.82, 2.24) is 20.1 Å². The Labute approximate surface area is 239 Å². The molecule has 0 radical (unpaired) electrons. The number of hydrogen-bond donors (Lipinski definition) is 3. The van der Waals surface area contributed by atoms with E-state index >= 15 is 0 Å². The molecule has 0 aliphatic carbocycles. The summed E-state index contributed by atoms with van der Waals surface area (Å²) in [5.41, 5.74) is 8.08. The second kappa shape index (κ2) is 12.5. The first kappa shape index (κ1) is 28.2. The van der Waals surface area contributed by atoms with Gasteiger partial charge in [0.25, 0.3) is 11.8 Å².